The van der Waals surface area contributed by atoms with E-state index in [0.29, 0.717) is 38.9 Å². The number of carbonyl (C=O) groups is 3. The topological polar surface area (TPSA) is 106 Å². The molecule has 0 spiro atoms. The van der Waals surface area contributed by atoms with Crippen molar-refractivity contribution in [2.45, 2.75) is 4.90 Å². The molecule has 8 nitrogen and oxygen atoms in total. The number of rotatable bonds is 11. The maximum Gasteiger partial charge on any atom is 0.272 e. The molecule has 0 aromatic heterocycles. The van der Waals surface area contributed by atoms with Crippen LogP contribution in [0.1, 0.15) is 15.9 Å². The van der Waals surface area contributed by atoms with E-state index in [1.807, 2.05) is 0 Å². The molecule has 0 aliphatic heterocycles. The average Bonchev–Trinajstić information content (AvgIpc) is 3.02. The van der Waals surface area contributed by atoms with Crippen molar-refractivity contribution in [3.05, 3.63) is 119 Å². The molecule has 4 aromatic carbocycles. The minimum absolute atomic E-state index is 0.00327. The zero-order valence-electron chi connectivity index (χ0n) is 23.2. The van der Waals surface area contributed by atoms with Gasteiger partial charge in [-0.15, -0.1) is 11.8 Å². The number of carbonyl (C=O) groups excluding carboxylic acids is 3. The van der Waals surface area contributed by atoms with Gasteiger partial charge < -0.3 is 25.4 Å². The van der Waals surface area contributed by atoms with Crippen molar-refractivity contribution in [1.29, 1.82) is 0 Å². The minimum Gasteiger partial charge on any atom is -0.493 e. The first-order chi connectivity index (χ1) is 20.7. The van der Waals surface area contributed by atoms with Crippen LogP contribution >= 0.6 is 23.4 Å². The second kappa shape index (κ2) is 14.9. The van der Waals surface area contributed by atoms with E-state index in [0.717, 1.165) is 0 Å². The number of halogens is 2. The Kier molecular flexibility index (Phi) is 10.8. The Bertz CT molecular complexity index is 1670. The van der Waals surface area contributed by atoms with Crippen LogP contribution in [0.4, 0.5) is 15.8 Å². The lowest BCUT2D eigenvalue weighted by atomic mass is 10.1. The van der Waals surface area contributed by atoms with Gasteiger partial charge in [0.1, 0.15) is 11.5 Å². The molecule has 0 radical (unpaired) electrons. The van der Waals surface area contributed by atoms with Gasteiger partial charge in [0, 0.05) is 21.8 Å². The van der Waals surface area contributed by atoms with Gasteiger partial charge in [0.05, 0.1) is 25.0 Å². The fourth-order valence-corrected chi connectivity index (χ4v) is 4.77. The third kappa shape index (κ3) is 8.84. The number of methoxy groups -OCH3 is 2. The van der Waals surface area contributed by atoms with E-state index in [-0.39, 0.29) is 22.4 Å². The van der Waals surface area contributed by atoms with Crippen LogP contribution in [-0.2, 0) is 9.59 Å². The Morgan fingerprint density at radius 3 is 2.30 bits per heavy atom. The SMILES string of the molecule is COc1ccc(/C=C(/NC(=O)c2ccccc2)C(=O)Nc2cccc(SCC(=O)Nc3ccc(F)c(Cl)c3)c2)cc1OC. The third-order valence-electron chi connectivity index (χ3n) is 5.91. The number of hydrogen-bond donors (Lipinski definition) is 3. The van der Waals surface area contributed by atoms with Gasteiger partial charge in [-0.3, -0.25) is 14.4 Å². The lowest BCUT2D eigenvalue weighted by Crippen LogP contribution is -2.30. The second-order valence-corrected chi connectivity index (χ2v) is 10.4. The fraction of sp³-hybridized carbons (Fsp3) is 0.0938. The van der Waals surface area contributed by atoms with E-state index in [9.17, 15) is 18.8 Å². The van der Waals surface area contributed by atoms with Crippen molar-refractivity contribution in [1.82, 2.24) is 5.32 Å². The molecule has 0 saturated carbocycles. The van der Waals surface area contributed by atoms with Gasteiger partial charge in [-0.2, -0.15) is 0 Å². The number of hydrogen-bond acceptors (Lipinski definition) is 6. The highest BCUT2D eigenvalue weighted by atomic mass is 35.5. The molecule has 0 aliphatic rings. The van der Waals surface area contributed by atoms with Crippen molar-refractivity contribution in [2.75, 3.05) is 30.6 Å². The van der Waals surface area contributed by atoms with Crippen molar-refractivity contribution in [2.24, 2.45) is 0 Å². The van der Waals surface area contributed by atoms with Crippen LogP contribution in [-0.4, -0.2) is 37.7 Å². The summed E-state index contributed by atoms with van der Waals surface area (Å²) in [6, 6.07) is 24.5. The standard InChI is InChI=1S/C32H27ClFN3O5S/c1-41-28-14-11-20(16-29(28)42-2)15-27(37-31(39)21-7-4-3-5-8-21)32(40)36-22-9-6-10-24(17-22)43-19-30(38)35-23-12-13-26(34)25(33)18-23/h3-18H,19H2,1-2H3,(H,35,38)(H,36,40)(H,37,39)/b27-15+. The van der Waals surface area contributed by atoms with E-state index >= 15 is 0 Å². The second-order valence-electron chi connectivity index (χ2n) is 8.94. The molecular formula is C32H27ClFN3O5S. The highest BCUT2D eigenvalue weighted by Crippen LogP contribution is 2.29. The zero-order chi connectivity index (χ0) is 30.8. The van der Waals surface area contributed by atoms with Crippen LogP contribution < -0.4 is 25.4 Å². The largest absolute Gasteiger partial charge is 0.493 e. The molecule has 43 heavy (non-hydrogen) atoms. The third-order valence-corrected chi connectivity index (χ3v) is 7.20. The maximum atomic E-state index is 13.4. The van der Waals surface area contributed by atoms with Crippen LogP contribution in [0, 0.1) is 5.82 Å². The Morgan fingerprint density at radius 1 is 0.837 bits per heavy atom. The van der Waals surface area contributed by atoms with Gasteiger partial charge in [0.15, 0.2) is 11.5 Å². The van der Waals surface area contributed by atoms with Crippen molar-refractivity contribution in [3.63, 3.8) is 0 Å². The Labute approximate surface area is 257 Å². The molecule has 0 saturated heterocycles. The Hall–Kier alpha value is -4.80. The smallest absolute Gasteiger partial charge is 0.272 e. The quantitative estimate of drug-likeness (QED) is 0.128. The summed E-state index contributed by atoms with van der Waals surface area (Å²) in [7, 11) is 3.02. The molecule has 0 aliphatic carbocycles. The van der Waals surface area contributed by atoms with E-state index in [1.54, 1.807) is 72.8 Å². The molecule has 4 rings (SSSR count). The van der Waals surface area contributed by atoms with Gasteiger partial charge >= 0.3 is 0 Å². The van der Waals surface area contributed by atoms with Crippen molar-refractivity contribution in [3.8, 4) is 11.5 Å². The predicted molar refractivity (Wildman–Crippen MR) is 167 cm³/mol. The number of amides is 3. The molecule has 0 atom stereocenters. The highest BCUT2D eigenvalue weighted by Gasteiger charge is 2.16. The number of benzene rings is 4. The predicted octanol–water partition coefficient (Wildman–Crippen LogP) is 6.64. The summed E-state index contributed by atoms with van der Waals surface area (Å²) >= 11 is 7.02. The first-order valence-corrected chi connectivity index (χ1v) is 14.2. The van der Waals surface area contributed by atoms with E-state index in [4.69, 9.17) is 21.1 Å². The molecule has 11 heteroatoms. The first-order valence-electron chi connectivity index (χ1n) is 12.8. The first kappa shape index (κ1) is 31.1. The van der Waals surface area contributed by atoms with Crippen LogP contribution in [0.5, 0.6) is 11.5 Å². The zero-order valence-corrected chi connectivity index (χ0v) is 24.7. The monoisotopic (exact) mass is 619 g/mol. The summed E-state index contributed by atoms with van der Waals surface area (Å²) in [6.07, 6.45) is 1.53. The molecule has 0 fully saturated rings. The lowest BCUT2D eigenvalue weighted by molar-refractivity contribution is -0.114. The summed E-state index contributed by atoms with van der Waals surface area (Å²) in [5.41, 5.74) is 1.80. The number of anilines is 2. The minimum atomic E-state index is -0.575. The lowest BCUT2D eigenvalue weighted by Gasteiger charge is -2.13. The summed E-state index contributed by atoms with van der Waals surface area (Å²) in [6.45, 7) is 0. The van der Waals surface area contributed by atoms with Gasteiger partial charge in [0.2, 0.25) is 5.91 Å². The van der Waals surface area contributed by atoms with Crippen molar-refractivity contribution < 1.29 is 28.2 Å². The van der Waals surface area contributed by atoms with Crippen LogP contribution in [0.2, 0.25) is 5.02 Å². The van der Waals surface area contributed by atoms with Crippen LogP contribution in [0.25, 0.3) is 6.08 Å². The van der Waals surface area contributed by atoms with Crippen molar-refractivity contribution >= 4 is 58.5 Å². The molecule has 3 N–H and O–H groups in total. The molecular weight excluding hydrogens is 593 g/mol. The van der Waals surface area contributed by atoms with Crippen LogP contribution in [0.15, 0.2) is 102 Å². The van der Waals surface area contributed by atoms with E-state index < -0.39 is 17.6 Å². The summed E-state index contributed by atoms with van der Waals surface area (Å²) in [4.78, 5) is 39.5. The fourth-order valence-electron chi connectivity index (χ4n) is 3.83. The molecule has 0 bridgehead atoms. The van der Waals surface area contributed by atoms with Gasteiger partial charge in [-0.05, 0) is 72.3 Å². The average molecular weight is 620 g/mol. The molecule has 0 unspecified atom stereocenters. The van der Waals surface area contributed by atoms with E-state index in [2.05, 4.69) is 16.0 Å². The van der Waals surface area contributed by atoms with Gasteiger partial charge in [-0.1, -0.05) is 41.9 Å². The summed E-state index contributed by atoms with van der Waals surface area (Å²) < 4.78 is 24.0. The number of ether oxygens (including phenoxy) is 2. The molecule has 0 heterocycles. The molecule has 220 valence electrons. The van der Waals surface area contributed by atoms with Crippen LogP contribution in [0.3, 0.4) is 0 Å². The van der Waals surface area contributed by atoms with E-state index in [1.165, 1.54) is 50.3 Å². The maximum absolute atomic E-state index is 13.4. The molecule has 4 aromatic rings. The van der Waals surface area contributed by atoms with Gasteiger partial charge in [0.25, 0.3) is 11.8 Å². The Morgan fingerprint density at radius 2 is 1.58 bits per heavy atom. The number of nitrogens with one attached hydrogen (secondary N) is 3. The summed E-state index contributed by atoms with van der Waals surface area (Å²) in [5, 5.41) is 8.09. The Balaban J connectivity index is 1.49. The summed E-state index contributed by atoms with van der Waals surface area (Å²) in [5.74, 6) is -0.873. The highest BCUT2D eigenvalue weighted by molar-refractivity contribution is 8.00. The normalized spacial score (nSPS) is 10.9. The van der Waals surface area contributed by atoms with Gasteiger partial charge in [-0.25, -0.2) is 4.39 Å². The number of thioether (sulfide) groups is 1. The molecule has 3 amide bonds.